The van der Waals surface area contributed by atoms with Crippen molar-refractivity contribution in [1.29, 1.82) is 0 Å². The minimum atomic E-state index is -0.942. The lowest BCUT2D eigenvalue weighted by Crippen LogP contribution is -2.32. The number of phenolic OH excluding ortho intramolecular Hbond substituents is 1. The maximum absolute atomic E-state index is 11.9. The maximum Gasteiger partial charge on any atom is 0.329 e. The third-order valence-corrected chi connectivity index (χ3v) is 4.02. The first-order valence-corrected chi connectivity index (χ1v) is 8.13. The maximum atomic E-state index is 11.9. The van der Waals surface area contributed by atoms with Crippen molar-refractivity contribution >= 4 is 35.3 Å². The summed E-state index contributed by atoms with van der Waals surface area (Å²) in [4.78, 5) is 23.8. The van der Waals surface area contributed by atoms with Gasteiger partial charge in [-0.05, 0) is 42.7 Å². The zero-order valence-electron chi connectivity index (χ0n) is 14.1. The quantitative estimate of drug-likeness (QED) is 0.326. The lowest BCUT2D eigenvalue weighted by molar-refractivity contribution is -0.136. The molecule has 134 valence electrons. The molecular formula is C19H18ClN3O3. The normalized spacial score (nSPS) is 10.5. The number of rotatable bonds is 5. The Kier molecular flexibility index (Phi) is 6.52. The van der Waals surface area contributed by atoms with E-state index in [2.05, 4.69) is 22.4 Å². The Morgan fingerprint density at radius 1 is 1.23 bits per heavy atom. The van der Waals surface area contributed by atoms with E-state index in [1.54, 1.807) is 49.4 Å². The second kappa shape index (κ2) is 8.82. The monoisotopic (exact) mass is 371 g/mol. The van der Waals surface area contributed by atoms with Crippen LogP contribution in [0.1, 0.15) is 16.7 Å². The number of allylic oxidation sites excluding steroid dienone is 1. The number of carbonyl (C=O) groups is 2. The lowest BCUT2D eigenvalue weighted by Gasteiger charge is -2.08. The summed E-state index contributed by atoms with van der Waals surface area (Å²) in [6.45, 7) is 5.35. The van der Waals surface area contributed by atoms with E-state index in [0.29, 0.717) is 33.8 Å². The summed E-state index contributed by atoms with van der Waals surface area (Å²) >= 11 is 5.97. The predicted molar refractivity (Wildman–Crippen MR) is 103 cm³/mol. The van der Waals surface area contributed by atoms with Gasteiger partial charge in [0, 0.05) is 16.3 Å². The zero-order chi connectivity index (χ0) is 19.1. The van der Waals surface area contributed by atoms with Crippen LogP contribution in [0.3, 0.4) is 0 Å². The number of aromatic hydroxyl groups is 1. The van der Waals surface area contributed by atoms with Gasteiger partial charge in [-0.1, -0.05) is 35.9 Å². The number of carbonyl (C=O) groups excluding carboxylic acids is 2. The molecule has 0 saturated heterocycles. The third kappa shape index (κ3) is 4.70. The third-order valence-electron chi connectivity index (χ3n) is 3.61. The fraction of sp³-hybridized carbons (Fsp3) is 0.105. The number of para-hydroxylation sites is 1. The summed E-state index contributed by atoms with van der Waals surface area (Å²) in [6.07, 6.45) is 3.43. The van der Waals surface area contributed by atoms with Crippen LogP contribution >= 0.6 is 11.6 Å². The molecule has 0 aromatic heterocycles. The summed E-state index contributed by atoms with van der Waals surface area (Å²) < 4.78 is 0. The first-order valence-electron chi connectivity index (χ1n) is 7.75. The van der Waals surface area contributed by atoms with Crippen molar-refractivity contribution < 1.29 is 14.7 Å². The van der Waals surface area contributed by atoms with E-state index in [4.69, 9.17) is 11.6 Å². The number of phenols is 1. The molecule has 0 bridgehead atoms. The van der Waals surface area contributed by atoms with Crippen molar-refractivity contribution in [3.8, 4) is 5.75 Å². The number of anilines is 1. The van der Waals surface area contributed by atoms with E-state index < -0.39 is 11.8 Å². The van der Waals surface area contributed by atoms with Gasteiger partial charge in [-0.25, -0.2) is 5.43 Å². The molecule has 26 heavy (non-hydrogen) atoms. The number of hydrogen-bond donors (Lipinski definition) is 3. The number of hydrogen-bond acceptors (Lipinski definition) is 4. The van der Waals surface area contributed by atoms with Gasteiger partial charge in [0.2, 0.25) is 0 Å². The largest absolute Gasteiger partial charge is 0.507 e. The van der Waals surface area contributed by atoms with Gasteiger partial charge in [0.05, 0.1) is 6.21 Å². The van der Waals surface area contributed by atoms with Crippen LogP contribution in [0.4, 0.5) is 5.69 Å². The smallest absolute Gasteiger partial charge is 0.329 e. The van der Waals surface area contributed by atoms with E-state index in [1.165, 1.54) is 6.21 Å². The van der Waals surface area contributed by atoms with Crippen LogP contribution in [0.5, 0.6) is 5.75 Å². The number of benzene rings is 2. The molecule has 0 aliphatic carbocycles. The molecule has 2 amide bonds. The number of nitrogens with one attached hydrogen (secondary N) is 2. The summed E-state index contributed by atoms with van der Waals surface area (Å²) in [5, 5.41) is 16.8. The lowest BCUT2D eigenvalue weighted by atomic mass is 10.1. The summed E-state index contributed by atoms with van der Waals surface area (Å²) in [7, 11) is 0. The topological polar surface area (TPSA) is 90.8 Å². The van der Waals surface area contributed by atoms with Gasteiger partial charge < -0.3 is 10.4 Å². The minimum absolute atomic E-state index is 0.0457. The molecule has 0 spiro atoms. The van der Waals surface area contributed by atoms with Gasteiger partial charge >= 0.3 is 11.8 Å². The van der Waals surface area contributed by atoms with Crippen molar-refractivity contribution in [3.05, 3.63) is 70.8 Å². The van der Waals surface area contributed by atoms with Crippen LogP contribution in [0.25, 0.3) is 0 Å². The van der Waals surface area contributed by atoms with Crippen LogP contribution < -0.4 is 10.7 Å². The Labute approximate surface area is 156 Å². The predicted octanol–water partition coefficient (Wildman–Crippen LogP) is 3.17. The summed E-state index contributed by atoms with van der Waals surface area (Å²) in [5.41, 5.74) is 4.31. The molecule has 0 heterocycles. The van der Waals surface area contributed by atoms with Crippen molar-refractivity contribution in [2.75, 3.05) is 5.32 Å². The molecule has 0 saturated carbocycles. The van der Waals surface area contributed by atoms with Gasteiger partial charge in [-0.2, -0.15) is 5.10 Å². The molecule has 0 fully saturated rings. The number of amides is 2. The van der Waals surface area contributed by atoms with Crippen LogP contribution in [0.15, 0.2) is 54.2 Å². The fourth-order valence-corrected chi connectivity index (χ4v) is 2.34. The second-order valence-corrected chi connectivity index (χ2v) is 5.82. The van der Waals surface area contributed by atoms with E-state index in [0.717, 1.165) is 0 Å². The van der Waals surface area contributed by atoms with Crippen molar-refractivity contribution in [2.24, 2.45) is 5.10 Å². The molecule has 2 aromatic carbocycles. The van der Waals surface area contributed by atoms with E-state index in [-0.39, 0.29) is 5.75 Å². The Hall–Kier alpha value is -3.12. The molecule has 0 unspecified atom stereocenters. The van der Waals surface area contributed by atoms with Crippen LogP contribution in [0.2, 0.25) is 5.02 Å². The molecule has 6 nitrogen and oxygen atoms in total. The van der Waals surface area contributed by atoms with E-state index in [1.807, 2.05) is 0 Å². The fourth-order valence-electron chi connectivity index (χ4n) is 2.17. The molecule has 2 rings (SSSR count). The highest BCUT2D eigenvalue weighted by Crippen LogP contribution is 2.23. The summed E-state index contributed by atoms with van der Waals surface area (Å²) in [5.74, 6) is -1.77. The highest BCUT2D eigenvalue weighted by Gasteiger charge is 2.14. The Bertz CT molecular complexity index is 878. The molecule has 0 radical (unpaired) electrons. The molecule has 7 heteroatoms. The summed E-state index contributed by atoms with van der Waals surface area (Å²) in [6, 6.07) is 10.1. The Morgan fingerprint density at radius 3 is 2.69 bits per heavy atom. The molecule has 0 aliphatic heterocycles. The Morgan fingerprint density at radius 2 is 1.96 bits per heavy atom. The van der Waals surface area contributed by atoms with Crippen molar-refractivity contribution in [1.82, 2.24) is 5.43 Å². The first-order chi connectivity index (χ1) is 12.4. The molecule has 2 aromatic rings. The van der Waals surface area contributed by atoms with E-state index >= 15 is 0 Å². The van der Waals surface area contributed by atoms with Gasteiger partial charge in [0.25, 0.3) is 0 Å². The van der Waals surface area contributed by atoms with Gasteiger partial charge in [-0.3, -0.25) is 9.59 Å². The minimum Gasteiger partial charge on any atom is -0.507 e. The average Bonchev–Trinajstić information content (AvgIpc) is 2.62. The molecule has 3 N–H and O–H groups in total. The standard InChI is InChI=1S/C19H18ClN3O3/c1-3-6-13-7-4-8-14(17(13)24)11-21-23-19(26)18(25)22-16-10-5-9-15(20)12(16)2/h3-5,7-11,24H,1,6H2,2H3,(H,22,25)(H,23,26). The first kappa shape index (κ1) is 19.2. The number of hydrazone groups is 1. The van der Waals surface area contributed by atoms with Gasteiger partial charge in [0.1, 0.15) is 5.75 Å². The van der Waals surface area contributed by atoms with Gasteiger partial charge in [-0.15, -0.1) is 6.58 Å². The van der Waals surface area contributed by atoms with Gasteiger partial charge in [0.15, 0.2) is 0 Å². The molecule has 0 aliphatic rings. The average molecular weight is 372 g/mol. The van der Waals surface area contributed by atoms with E-state index in [9.17, 15) is 14.7 Å². The Balaban J connectivity index is 2.01. The van der Waals surface area contributed by atoms with Crippen LogP contribution in [-0.2, 0) is 16.0 Å². The van der Waals surface area contributed by atoms with Crippen LogP contribution in [0, 0.1) is 6.92 Å². The number of nitrogens with zero attached hydrogens (tertiary/aromatic N) is 1. The highest BCUT2D eigenvalue weighted by molar-refractivity contribution is 6.40. The van der Waals surface area contributed by atoms with Crippen LogP contribution in [-0.4, -0.2) is 23.1 Å². The SMILES string of the molecule is C=CCc1cccc(C=NNC(=O)C(=O)Nc2cccc(Cl)c2C)c1O. The molecular weight excluding hydrogens is 354 g/mol. The van der Waals surface area contributed by atoms with Crippen molar-refractivity contribution in [2.45, 2.75) is 13.3 Å². The molecule has 0 atom stereocenters. The zero-order valence-corrected chi connectivity index (χ0v) is 14.9. The highest BCUT2D eigenvalue weighted by atomic mass is 35.5. The number of halogens is 1. The van der Waals surface area contributed by atoms with Crippen molar-refractivity contribution in [3.63, 3.8) is 0 Å². The second-order valence-electron chi connectivity index (χ2n) is 5.41.